The lowest BCUT2D eigenvalue weighted by molar-refractivity contribution is 0.100. The third-order valence-electron chi connectivity index (χ3n) is 3.56. The normalized spacial score (nSPS) is 11.0. The van der Waals surface area contributed by atoms with Crippen LogP contribution in [0.25, 0.3) is 16.8 Å². The Labute approximate surface area is 153 Å². The molecule has 0 saturated heterocycles. The van der Waals surface area contributed by atoms with Gasteiger partial charge in [0.2, 0.25) is 0 Å². The van der Waals surface area contributed by atoms with Crippen LogP contribution in [0.5, 0.6) is 0 Å². The standard InChI is InChI=1S/C19H13FN4OS/c20-14-7-5-12(6-8-14)17-11-26-19(24-17)13(9-21)10-23-16-4-2-1-3-15(16)18(22)25/h1-8,10-11,23H,(H2,22,25). The molecule has 0 aliphatic rings. The van der Waals surface area contributed by atoms with E-state index >= 15 is 0 Å². The maximum Gasteiger partial charge on any atom is 0.250 e. The van der Waals surface area contributed by atoms with E-state index in [0.717, 1.165) is 5.56 Å². The Morgan fingerprint density at radius 1 is 1.23 bits per heavy atom. The summed E-state index contributed by atoms with van der Waals surface area (Å²) in [6, 6.07) is 14.8. The summed E-state index contributed by atoms with van der Waals surface area (Å²) in [6.07, 6.45) is 1.48. The van der Waals surface area contributed by atoms with Crippen LogP contribution in [0, 0.1) is 17.1 Å². The van der Waals surface area contributed by atoms with Crippen LogP contribution in [-0.4, -0.2) is 10.9 Å². The lowest BCUT2D eigenvalue weighted by Gasteiger charge is -2.06. The van der Waals surface area contributed by atoms with E-state index in [9.17, 15) is 14.4 Å². The third-order valence-corrected chi connectivity index (χ3v) is 4.44. The molecule has 0 saturated carbocycles. The number of allylic oxidation sites excluding steroid dienone is 1. The average Bonchev–Trinajstić information content (AvgIpc) is 3.13. The van der Waals surface area contributed by atoms with Crippen LogP contribution < -0.4 is 11.1 Å². The minimum absolute atomic E-state index is 0.308. The number of nitrogens with zero attached hydrogens (tertiary/aromatic N) is 2. The summed E-state index contributed by atoms with van der Waals surface area (Å²) in [5, 5.41) is 14.7. The molecule has 3 aromatic rings. The molecular formula is C19H13FN4OS. The highest BCUT2D eigenvalue weighted by atomic mass is 32.1. The quantitative estimate of drug-likeness (QED) is 0.669. The van der Waals surface area contributed by atoms with Gasteiger partial charge in [-0.05, 0) is 36.4 Å². The summed E-state index contributed by atoms with van der Waals surface area (Å²) in [4.78, 5) is 15.9. The molecule has 1 aromatic heterocycles. The molecule has 0 fully saturated rings. The zero-order chi connectivity index (χ0) is 18.5. The van der Waals surface area contributed by atoms with Gasteiger partial charge >= 0.3 is 0 Å². The van der Waals surface area contributed by atoms with E-state index in [1.807, 2.05) is 0 Å². The van der Waals surface area contributed by atoms with Crippen LogP contribution in [0.1, 0.15) is 15.4 Å². The number of benzene rings is 2. The number of nitrogens with two attached hydrogens (primary N) is 1. The minimum Gasteiger partial charge on any atom is -0.366 e. The second-order valence-corrected chi connectivity index (χ2v) is 6.13. The Balaban J connectivity index is 1.86. The van der Waals surface area contributed by atoms with Crippen molar-refractivity contribution in [2.24, 2.45) is 5.73 Å². The highest BCUT2D eigenvalue weighted by Gasteiger charge is 2.10. The summed E-state index contributed by atoms with van der Waals surface area (Å²) < 4.78 is 13.0. The van der Waals surface area contributed by atoms with Crippen LogP contribution in [0.4, 0.5) is 10.1 Å². The first kappa shape index (κ1) is 17.3. The molecule has 0 atom stereocenters. The Kier molecular flexibility index (Phi) is 5.06. The smallest absolute Gasteiger partial charge is 0.250 e. The zero-order valence-electron chi connectivity index (χ0n) is 13.4. The molecule has 0 spiro atoms. The highest BCUT2D eigenvalue weighted by Crippen LogP contribution is 2.26. The predicted octanol–water partition coefficient (Wildman–Crippen LogP) is 4.02. The zero-order valence-corrected chi connectivity index (χ0v) is 14.3. The number of nitrogens with one attached hydrogen (secondary N) is 1. The van der Waals surface area contributed by atoms with Crippen molar-refractivity contribution in [3.8, 4) is 17.3 Å². The third kappa shape index (κ3) is 3.77. The van der Waals surface area contributed by atoms with Crippen LogP contribution in [0.2, 0.25) is 0 Å². The van der Waals surface area contributed by atoms with E-state index < -0.39 is 5.91 Å². The van der Waals surface area contributed by atoms with Crippen molar-refractivity contribution in [1.82, 2.24) is 4.98 Å². The lowest BCUT2D eigenvalue weighted by Crippen LogP contribution is -2.13. The fourth-order valence-corrected chi connectivity index (χ4v) is 3.06. The molecule has 5 nitrogen and oxygen atoms in total. The topological polar surface area (TPSA) is 91.8 Å². The van der Waals surface area contributed by atoms with E-state index in [4.69, 9.17) is 5.73 Å². The number of halogens is 1. The average molecular weight is 364 g/mol. The van der Waals surface area contributed by atoms with Crippen LogP contribution in [-0.2, 0) is 0 Å². The number of carbonyl (C=O) groups is 1. The van der Waals surface area contributed by atoms with Gasteiger partial charge in [0.1, 0.15) is 22.5 Å². The fraction of sp³-hybridized carbons (Fsp3) is 0. The molecule has 1 heterocycles. The number of rotatable bonds is 5. The molecule has 3 rings (SSSR count). The summed E-state index contributed by atoms with van der Waals surface area (Å²) in [5.41, 5.74) is 7.90. The van der Waals surface area contributed by atoms with E-state index in [2.05, 4.69) is 16.4 Å². The summed E-state index contributed by atoms with van der Waals surface area (Å²) in [5.74, 6) is -0.882. The number of primary amides is 1. The molecule has 0 aliphatic carbocycles. The summed E-state index contributed by atoms with van der Waals surface area (Å²) in [6.45, 7) is 0. The molecule has 1 amide bonds. The SMILES string of the molecule is N#CC(=CNc1ccccc1C(N)=O)c1nc(-c2ccc(F)cc2)cs1. The Hall–Kier alpha value is -3.50. The number of nitriles is 1. The van der Waals surface area contributed by atoms with Crippen molar-refractivity contribution in [1.29, 1.82) is 5.26 Å². The highest BCUT2D eigenvalue weighted by molar-refractivity contribution is 7.11. The number of thiazole rings is 1. The van der Waals surface area contributed by atoms with Crippen molar-refractivity contribution in [3.05, 3.63) is 76.5 Å². The fourth-order valence-electron chi connectivity index (χ4n) is 2.27. The molecule has 0 bridgehead atoms. The molecule has 128 valence electrons. The first-order valence-electron chi connectivity index (χ1n) is 7.56. The predicted molar refractivity (Wildman–Crippen MR) is 99.7 cm³/mol. The van der Waals surface area contributed by atoms with Gasteiger partial charge in [0.15, 0.2) is 0 Å². The van der Waals surface area contributed by atoms with Gasteiger partial charge in [-0.25, -0.2) is 9.37 Å². The first-order chi connectivity index (χ1) is 12.6. The maximum atomic E-state index is 13.0. The van der Waals surface area contributed by atoms with Gasteiger partial charge in [0.25, 0.3) is 5.91 Å². The van der Waals surface area contributed by atoms with E-state index in [1.165, 1.54) is 29.7 Å². The van der Waals surface area contributed by atoms with Gasteiger partial charge in [0, 0.05) is 17.1 Å². The van der Waals surface area contributed by atoms with E-state index in [0.29, 0.717) is 27.5 Å². The number of para-hydroxylation sites is 1. The summed E-state index contributed by atoms with van der Waals surface area (Å²) in [7, 11) is 0. The Morgan fingerprint density at radius 2 is 1.96 bits per heavy atom. The Morgan fingerprint density at radius 3 is 2.65 bits per heavy atom. The Bertz CT molecular complexity index is 1020. The second kappa shape index (κ2) is 7.59. The number of amides is 1. The van der Waals surface area contributed by atoms with Crippen molar-refractivity contribution in [2.75, 3.05) is 5.32 Å². The number of carbonyl (C=O) groups excluding carboxylic acids is 1. The molecular weight excluding hydrogens is 351 g/mol. The van der Waals surface area contributed by atoms with Crippen molar-refractivity contribution >= 4 is 28.5 Å². The maximum absolute atomic E-state index is 13.0. The number of hydrogen-bond acceptors (Lipinski definition) is 5. The van der Waals surface area contributed by atoms with E-state index in [1.54, 1.807) is 41.8 Å². The first-order valence-corrected chi connectivity index (χ1v) is 8.44. The van der Waals surface area contributed by atoms with Crippen LogP contribution in [0.3, 0.4) is 0 Å². The van der Waals surface area contributed by atoms with Gasteiger partial charge in [-0.1, -0.05) is 12.1 Å². The van der Waals surface area contributed by atoms with Gasteiger partial charge in [-0.2, -0.15) is 5.26 Å². The molecule has 0 radical (unpaired) electrons. The second-order valence-electron chi connectivity index (χ2n) is 5.27. The molecule has 7 heteroatoms. The molecule has 26 heavy (non-hydrogen) atoms. The number of hydrogen-bond donors (Lipinski definition) is 2. The van der Waals surface area contributed by atoms with Gasteiger partial charge < -0.3 is 11.1 Å². The van der Waals surface area contributed by atoms with Gasteiger partial charge in [-0.3, -0.25) is 4.79 Å². The molecule has 2 aromatic carbocycles. The monoisotopic (exact) mass is 364 g/mol. The molecule has 0 aliphatic heterocycles. The van der Waals surface area contributed by atoms with Crippen LogP contribution in [0.15, 0.2) is 60.1 Å². The largest absolute Gasteiger partial charge is 0.366 e. The van der Waals surface area contributed by atoms with Crippen LogP contribution >= 0.6 is 11.3 Å². The van der Waals surface area contributed by atoms with E-state index in [-0.39, 0.29) is 5.82 Å². The van der Waals surface area contributed by atoms with Crippen molar-refractivity contribution in [3.63, 3.8) is 0 Å². The lowest BCUT2D eigenvalue weighted by atomic mass is 10.1. The number of aromatic nitrogens is 1. The minimum atomic E-state index is -0.562. The number of anilines is 1. The van der Waals surface area contributed by atoms with Crippen molar-refractivity contribution in [2.45, 2.75) is 0 Å². The van der Waals surface area contributed by atoms with Gasteiger partial charge in [-0.15, -0.1) is 11.3 Å². The molecule has 0 unspecified atom stereocenters. The van der Waals surface area contributed by atoms with Gasteiger partial charge in [0.05, 0.1) is 16.9 Å². The summed E-state index contributed by atoms with van der Waals surface area (Å²) >= 11 is 1.30. The molecule has 3 N–H and O–H groups in total. The van der Waals surface area contributed by atoms with Crippen molar-refractivity contribution < 1.29 is 9.18 Å².